The van der Waals surface area contributed by atoms with E-state index < -0.39 is 0 Å². The van der Waals surface area contributed by atoms with Gasteiger partial charge in [-0.1, -0.05) is 55.1 Å². The maximum atomic E-state index is 10.2. The fourth-order valence-corrected chi connectivity index (χ4v) is 1.82. The van der Waals surface area contributed by atoms with Gasteiger partial charge in [0.1, 0.15) is 5.75 Å². The predicted molar refractivity (Wildman–Crippen MR) is 73.3 cm³/mol. The van der Waals surface area contributed by atoms with Crippen LogP contribution in [0.1, 0.15) is 12.5 Å². The van der Waals surface area contributed by atoms with Crippen molar-refractivity contribution in [3.05, 3.63) is 66.3 Å². The van der Waals surface area contributed by atoms with E-state index in [1.807, 2.05) is 43.3 Å². The van der Waals surface area contributed by atoms with Crippen LogP contribution < -0.4 is 0 Å². The van der Waals surface area contributed by atoms with Gasteiger partial charge >= 0.3 is 0 Å². The number of rotatable bonds is 3. The molecule has 0 fully saturated rings. The smallest absolute Gasteiger partial charge is 0.126 e. The van der Waals surface area contributed by atoms with Crippen molar-refractivity contribution in [3.8, 4) is 5.75 Å². The van der Waals surface area contributed by atoms with Crippen LogP contribution in [0.2, 0.25) is 0 Å². The monoisotopic (exact) mass is 224 g/mol. The molecular weight excluding hydrogens is 208 g/mol. The highest BCUT2D eigenvalue weighted by Gasteiger charge is 2.07. The number of aromatic hydroxyl groups is 1. The molecule has 0 aliphatic rings. The first-order chi connectivity index (χ1) is 8.09. The molecule has 0 radical (unpaired) electrons. The minimum absolute atomic E-state index is 0.352. The van der Waals surface area contributed by atoms with E-state index in [9.17, 15) is 5.11 Å². The van der Waals surface area contributed by atoms with E-state index in [0.717, 1.165) is 27.5 Å². The van der Waals surface area contributed by atoms with Crippen molar-refractivity contribution in [3.63, 3.8) is 0 Å². The van der Waals surface area contributed by atoms with Crippen LogP contribution in [0.4, 0.5) is 0 Å². The lowest BCUT2D eigenvalue weighted by Crippen LogP contribution is -1.91. The Kier molecular flexibility index (Phi) is 3.01. The van der Waals surface area contributed by atoms with Gasteiger partial charge in [-0.3, -0.25) is 0 Å². The number of fused-ring (bicyclic) bond motifs is 1. The predicted octanol–water partition coefficient (Wildman–Crippen LogP) is 4.22. The summed E-state index contributed by atoms with van der Waals surface area (Å²) in [5.74, 6) is 0.352. The third-order valence-corrected chi connectivity index (χ3v) is 2.99. The molecular formula is C16H16O. The lowest BCUT2D eigenvalue weighted by molar-refractivity contribution is 0.476. The van der Waals surface area contributed by atoms with Crippen molar-refractivity contribution in [1.29, 1.82) is 0 Å². The average molecular weight is 224 g/mol. The standard InChI is InChI=1S/C16H16O/c1-11(2)12(3)10-14-9-8-13-6-4-5-7-15(13)16(14)17/h4-9,17H,1,3,10H2,2H3. The minimum Gasteiger partial charge on any atom is -0.507 e. The van der Waals surface area contributed by atoms with Gasteiger partial charge in [0.2, 0.25) is 0 Å². The summed E-state index contributed by atoms with van der Waals surface area (Å²) in [7, 11) is 0. The third-order valence-electron chi connectivity index (χ3n) is 2.99. The molecule has 86 valence electrons. The van der Waals surface area contributed by atoms with Crippen LogP contribution in [0, 0.1) is 0 Å². The van der Waals surface area contributed by atoms with E-state index in [4.69, 9.17) is 0 Å². The average Bonchev–Trinajstić information content (AvgIpc) is 2.33. The van der Waals surface area contributed by atoms with E-state index >= 15 is 0 Å². The Morgan fingerprint density at radius 3 is 2.53 bits per heavy atom. The summed E-state index contributed by atoms with van der Waals surface area (Å²) in [6.45, 7) is 9.75. The Balaban J connectivity index is 2.46. The Labute approximate surface area is 102 Å². The molecule has 0 saturated carbocycles. The van der Waals surface area contributed by atoms with Crippen LogP contribution in [0.25, 0.3) is 10.8 Å². The Morgan fingerprint density at radius 2 is 1.82 bits per heavy atom. The van der Waals surface area contributed by atoms with Gasteiger partial charge in [-0.25, -0.2) is 0 Å². The molecule has 17 heavy (non-hydrogen) atoms. The van der Waals surface area contributed by atoms with Gasteiger partial charge in [0.15, 0.2) is 0 Å². The number of phenols is 1. The summed E-state index contributed by atoms with van der Waals surface area (Å²) in [6.07, 6.45) is 0.645. The quantitative estimate of drug-likeness (QED) is 0.774. The number of benzene rings is 2. The molecule has 0 saturated heterocycles. The van der Waals surface area contributed by atoms with Gasteiger partial charge in [0.05, 0.1) is 0 Å². The van der Waals surface area contributed by atoms with Crippen LogP contribution >= 0.6 is 0 Å². The lowest BCUT2D eigenvalue weighted by Gasteiger charge is -2.09. The number of allylic oxidation sites excluding steroid dienone is 2. The first-order valence-corrected chi connectivity index (χ1v) is 5.63. The number of hydrogen-bond acceptors (Lipinski definition) is 1. The summed E-state index contributed by atoms with van der Waals surface area (Å²) >= 11 is 0. The maximum Gasteiger partial charge on any atom is 0.126 e. The van der Waals surface area contributed by atoms with Crippen molar-refractivity contribution in [2.75, 3.05) is 0 Å². The Bertz CT molecular complexity index is 593. The SMILES string of the molecule is C=C(C)C(=C)Cc1ccc2ccccc2c1O. The highest BCUT2D eigenvalue weighted by molar-refractivity contribution is 5.89. The van der Waals surface area contributed by atoms with Crippen LogP contribution in [0.3, 0.4) is 0 Å². The van der Waals surface area contributed by atoms with Crippen LogP contribution in [0.15, 0.2) is 60.7 Å². The molecule has 0 heterocycles. The highest BCUT2D eigenvalue weighted by atomic mass is 16.3. The second-order valence-electron chi connectivity index (χ2n) is 4.36. The third kappa shape index (κ3) is 2.23. The first kappa shape index (κ1) is 11.5. The molecule has 0 unspecified atom stereocenters. The van der Waals surface area contributed by atoms with Crippen molar-refractivity contribution < 1.29 is 5.11 Å². The zero-order chi connectivity index (χ0) is 12.4. The summed E-state index contributed by atoms with van der Waals surface area (Å²) in [6, 6.07) is 11.8. The molecule has 0 aliphatic heterocycles. The molecule has 0 atom stereocenters. The van der Waals surface area contributed by atoms with Gasteiger partial charge in [0.25, 0.3) is 0 Å². The Hall–Kier alpha value is -2.02. The molecule has 2 aromatic rings. The summed E-state index contributed by atoms with van der Waals surface area (Å²) in [5, 5.41) is 12.1. The number of phenolic OH excluding ortho intramolecular Hbond substituents is 1. The van der Waals surface area contributed by atoms with E-state index in [1.54, 1.807) is 0 Å². The molecule has 0 aromatic heterocycles. The topological polar surface area (TPSA) is 20.2 Å². The summed E-state index contributed by atoms with van der Waals surface area (Å²) in [5.41, 5.74) is 2.81. The zero-order valence-electron chi connectivity index (χ0n) is 10.0. The van der Waals surface area contributed by atoms with Crippen LogP contribution in [-0.2, 0) is 6.42 Å². The molecule has 0 amide bonds. The minimum atomic E-state index is 0.352. The van der Waals surface area contributed by atoms with Crippen molar-refractivity contribution in [1.82, 2.24) is 0 Å². The van der Waals surface area contributed by atoms with E-state index in [-0.39, 0.29) is 0 Å². The fraction of sp³-hybridized carbons (Fsp3) is 0.125. The van der Waals surface area contributed by atoms with Crippen LogP contribution in [-0.4, -0.2) is 5.11 Å². The molecule has 1 N–H and O–H groups in total. The highest BCUT2D eigenvalue weighted by Crippen LogP contribution is 2.30. The van der Waals surface area contributed by atoms with Gasteiger partial charge in [-0.2, -0.15) is 0 Å². The van der Waals surface area contributed by atoms with Crippen molar-refractivity contribution in [2.45, 2.75) is 13.3 Å². The van der Waals surface area contributed by atoms with Crippen LogP contribution in [0.5, 0.6) is 5.75 Å². The largest absolute Gasteiger partial charge is 0.507 e. The molecule has 2 rings (SSSR count). The normalized spacial score (nSPS) is 10.4. The van der Waals surface area contributed by atoms with Crippen molar-refractivity contribution in [2.24, 2.45) is 0 Å². The summed E-state index contributed by atoms with van der Waals surface area (Å²) in [4.78, 5) is 0. The van der Waals surface area contributed by atoms with Gasteiger partial charge < -0.3 is 5.11 Å². The maximum absolute atomic E-state index is 10.2. The van der Waals surface area contributed by atoms with E-state index in [1.165, 1.54) is 0 Å². The molecule has 2 aromatic carbocycles. The lowest BCUT2D eigenvalue weighted by atomic mass is 9.98. The molecule has 1 nitrogen and oxygen atoms in total. The Morgan fingerprint density at radius 1 is 1.12 bits per heavy atom. The molecule has 0 bridgehead atoms. The first-order valence-electron chi connectivity index (χ1n) is 5.63. The van der Waals surface area contributed by atoms with Crippen molar-refractivity contribution >= 4 is 10.8 Å². The van der Waals surface area contributed by atoms with Gasteiger partial charge in [0, 0.05) is 11.8 Å². The second kappa shape index (κ2) is 4.46. The van der Waals surface area contributed by atoms with Gasteiger partial charge in [-0.15, -0.1) is 0 Å². The second-order valence-corrected chi connectivity index (χ2v) is 4.36. The molecule has 0 spiro atoms. The zero-order valence-corrected chi connectivity index (χ0v) is 10.0. The van der Waals surface area contributed by atoms with E-state index in [2.05, 4.69) is 13.2 Å². The molecule has 1 heteroatoms. The molecule has 0 aliphatic carbocycles. The summed E-state index contributed by atoms with van der Waals surface area (Å²) < 4.78 is 0. The van der Waals surface area contributed by atoms with E-state index in [0.29, 0.717) is 12.2 Å². The number of hydrogen-bond donors (Lipinski definition) is 1. The fourth-order valence-electron chi connectivity index (χ4n) is 1.82. The van der Waals surface area contributed by atoms with Gasteiger partial charge in [-0.05, 0) is 23.4 Å².